The zero-order chi connectivity index (χ0) is 18.9. The first-order valence-corrected chi connectivity index (χ1v) is 9.25. The lowest BCUT2D eigenvalue weighted by atomic mass is 10.2. The summed E-state index contributed by atoms with van der Waals surface area (Å²) in [6.07, 6.45) is 3.49. The van der Waals surface area contributed by atoms with E-state index in [9.17, 15) is 4.79 Å². The van der Waals surface area contributed by atoms with Crippen LogP contribution in [0.15, 0.2) is 71.3 Å². The van der Waals surface area contributed by atoms with Gasteiger partial charge in [-0.05, 0) is 18.6 Å². The van der Waals surface area contributed by atoms with Gasteiger partial charge in [-0.25, -0.2) is 4.98 Å². The molecule has 2 aromatic carbocycles. The number of aromatic nitrogens is 1. The number of oxazole rings is 1. The Balaban J connectivity index is 1.35. The molecule has 1 heterocycles. The van der Waals surface area contributed by atoms with E-state index in [4.69, 9.17) is 4.42 Å². The van der Waals surface area contributed by atoms with Crippen LogP contribution in [0.1, 0.15) is 18.7 Å². The van der Waals surface area contributed by atoms with E-state index in [0.29, 0.717) is 25.3 Å². The number of amides is 1. The Morgan fingerprint density at radius 2 is 1.78 bits per heavy atom. The summed E-state index contributed by atoms with van der Waals surface area (Å²) in [6.45, 7) is 1.56. The molecule has 0 aliphatic carbocycles. The van der Waals surface area contributed by atoms with E-state index in [-0.39, 0.29) is 5.91 Å². The highest BCUT2D eigenvalue weighted by Gasteiger charge is 2.09. The number of rotatable bonds is 9. The van der Waals surface area contributed by atoms with Gasteiger partial charge in [0.2, 0.25) is 5.91 Å². The smallest absolute Gasteiger partial charge is 0.220 e. The molecule has 0 saturated heterocycles. The third-order valence-corrected chi connectivity index (χ3v) is 4.37. The second-order valence-electron chi connectivity index (χ2n) is 6.44. The van der Waals surface area contributed by atoms with Crippen LogP contribution in [0.25, 0.3) is 11.3 Å². The molecule has 140 valence electrons. The van der Waals surface area contributed by atoms with Gasteiger partial charge in [-0.2, -0.15) is 0 Å². The number of anilines is 1. The normalized spacial score (nSPS) is 10.6. The summed E-state index contributed by atoms with van der Waals surface area (Å²) in [5.74, 6) is 1.35. The Bertz CT molecular complexity index is 831. The van der Waals surface area contributed by atoms with Gasteiger partial charge in [0.05, 0.1) is 6.20 Å². The quantitative estimate of drug-likeness (QED) is 0.586. The minimum absolute atomic E-state index is 0.0248. The molecule has 5 heteroatoms. The molecule has 0 aliphatic heterocycles. The van der Waals surface area contributed by atoms with Crippen molar-refractivity contribution in [2.75, 3.05) is 25.0 Å². The molecule has 0 atom stereocenters. The van der Waals surface area contributed by atoms with E-state index in [1.165, 1.54) is 5.69 Å². The predicted octanol–water partition coefficient (Wildman–Crippen LogP) is 3.92. The summed E-state index contributed by atoms with van der Waals surface area (Å²) in [4.78, 5) is 18.5. The topological polar surface area (TPSA) is 58.4 Å². The van der Waals surface area contributed by atoms with Crippen LogP contribution in [0.3, 0.4) is 0 Å². The number of aryl methyl sites for hydroxylation is 1. The van der Waals surface area contributed by atoms with Gasteiger partial charge in [0.1, 0.15) is 0 Å². The largest absolute Gasteiger partial charge is 0.441 e. The average molecular weight is 363 g/mol. The molecule has 1 N–H and O–H groups in total. The van der Waals surface area contributed by atoms with Crippen molar-refractivity contribution < 1.29 is 9.21 Å². The van der Waals surface area contributed by atoms with Crippen LogP contribution in [-0.4, -0.2) is 31.0 Å². The van der Waals surface area contributed by atoms with Crippen LogP contribution >= 0.6 is 0 Å². The minimum Gasteiger partial charge on any atom is -0.441 e. The Morgan fingerprint density at radius 3 is 2.52 bits per heavy atom. The molecule has 0 bridgehead atoms. The van der Waals surface area contributed by atoms with E-state index >= 15 is 0 Å². The SMILES string of the molecule is CN(CCCNC(=O)CCc1ncc(-c2ccccc2)o1)c1ccccc1. The van der Waals surface area contributed by atoms with Crippen molar-refractivity contribution in [2.45, 2.75) is 19.3 Å². The summed E-state index contributed by atoms with van der Waals surface area (Å²) >= 11 is 0. The predicted molar refractivity (Wildman–Crippen MR) is 108 cm³/mol. The number of nitrogens with zero attached hydrogens (tertiary/aromatic N) is 2. The van der Waals surface area contributed by atoms with Crippen molar-refractivity contribution in [3.05, 3.63) is 72.8 Å². The molecular formula is C22H25N3O2. The number of carbonyl (C=O) groups is 1. The van der Waals surface area contributed by atoms with Gasteiger partial charge in [0.25, 0.3) is 0 Å². The highest BCUT2D eigenvalue weighted by Crippen LogP contribution is 2.20. The highest BCUT2D eigenvalue weighted by atomic mass is 16.4. The first kappa shape index (κ1) is 18.7. The van der Waals surface area contributed by atoms with Crippen LogP contribution in [0.4, 0.5) is 5.69 Å². The standard InChI is InChI=1S/C22H25N3O2/c1-25(19-11-6-3-7-12-19)16-8-15-23-21(26)13-14-22-24-17-20(27-22)18-9-4-2-5-10-18/h2-7,9-12,17H,8,13-16H2,1H3,(H,23,26). The molecule has 3 aromatic rings. The van der Waals surface area contributed by atoms with Gasteiger partial charge in [-0.3, -0.25) is 4.79 Å². The van der Waals surface area contributed by atoms with Crippen LogP contribution in [-0.2, 0) is 11.2 Å². The van der Waals surface area contributed by atoms with E-state index in [0.717, 1.165) is 24.3 Å². The van der Waals surface area contributed by atoms with Gasteiger partial charge in [0, 0.05) is 44.2 Å². The lowest BCUT2D eigenvalue weighted by Gasteiger charge is -2.19. The third kappa shape index (κ3) is 5.71. The van der Waals surface area contributed by atoms with E-state index in [1.54, 1.807) is 6.20 Å². The zero-order valence-electron chi connectivity index (χ0n) is 15.6. The second kappa shape index (κ2) is 9.57. The van der Waals surface area contributed by atoms with Gasteiger partial charge < -0.3 is 14.6 Å². The number of para-hydroxylation sites is 1. The van der Waals surface area contributed by atoms with E-state index < -0.39 is 0 Å². The maximum Gasteiger partial charge on any atom is 0.220 e. The van der Waals surface area contributed by atoms with Crippen molar-refractivity contribution in [1.29, 1.82) is 0 Å². The van der Waals surface area contributed by atoms with E-state index in [2.05, 4.69) is 34.4 Å². The molecule has 27 heavy (non-hydrogen) atoms. The lowest BCUT2D eigenvalue weighted by Crippen LogP contribution is -2.28. The molecule has 0 unspecified atom stereocenters. The first-order chi connectivity index (χ1) is 13.2. The molecule has 0 aliphatic rings. The van der Waals surface area contributed by atoms with E-state index in [1.807, 2.05) is 48.5 Å². The van der Waals surface area contributed by atoms with Gasteiger partial charge in [-0.1, -0.05) is 48.5 Å². The van der Waals surface area contributed by atoms with Crippen molar-refractivity contribution in [1.82, 2.24) is 10.3 Å². The number of carbonyl (C=O) groups excluding carboxylic acids is 1. The maximum absolute atomic E-state index is 12.0. The molecule has 0 radical (unpaired) electrons. The molecule has 1 aromatic heterocycles. The van der Waals surface area contributed by atoms with Gasteiger partial charge in [-0.15, -0.1) is 0 Å². The number of benzene rings is 2. The molecule has 3 rings (SSSR count). The Hall–Kier alpha value is -3.08. The molecular weight excluding hydrogens is 338 g/mol. The van der Waals surface area contributed by atoms with Crippen LogP contribution in [0, 0.1) is 0 Å². The van der Waals surface area contributed by atoms with Crippen LogP contribution < -0.4 is 10.2 Å². The van der Waals surface area contributed by atoms with Gasteiger partial charge >= 0.3 is 0 Å². The van der Waals surface area contributed by atoms with Crippen molar-refractivity contribution in [2.24, 2.45) is 0 Å². The maximum atomic E-state index is 12.0. The summed E-state index contributed by atoms with van der Waals surface area (Å²) in [6, 6.07) is 20.1. The molecule has 0 saturated carbocycles. The molecule has 1 amide bonds. The fourth-order valence-corrected chi connectivity index (χ4v) is 2.83. The summed E-state index contributed by atoms with van der Waals surface area (Å²) in [5, 5.41) is 2.96. The Kier molecular flexibility index (Phi) is 6.63. The molecule has 0 spiro atoms. The van der Waals surface area contributed by atoms with Crippen LogP contribution in [0.5, 0.6) is 0 Å². The Morgan fingerprint density at radius 1 is 1.07 bits per heavy atom. The zero-order valence-corrected chi connectivity index (χ0v) is 15.6. The lowest BCUT2D eigenvalue weighted by molar-refractivity contribution is -0.121. The highest BCUT2D eigenvalue weighted by molar-refractivity contribution is 5.76. The molecule has 5 nitrogen and oxygen atoms in total. The second-order valence-corrected chi connectivity index (χ2v) is 6.44. The summed E-state index contributed by atoms with van der Waals surface area (Å²) in [7, 11) is 2.06. The average Bonchev–Trinajstić information content (AvgIpc) is 3.20. The van der Waals surface area contributed by atoms with Crippen LogP contribution in [0.2, 0.25) is 0 Å². The van der Waals surface area contributed by atoms with Gasteiger partial charge in [0.15, 0.2) is 11.7 Å². The summed E-state index contributed by atoms with van der Waals surface area (Å²) in [5.41, 5.74) is 2.17. The number of nitrogens with one attached hydrogen (secondary N) is 1. The van der Waals surface area contributed by atoms with Crippen molar-refractivity contribution in [3.63, 3.8) is 0 Å². The Labute approximate surface area is 160 Å². The first-order valence-electron chi connectivity index (χ1n) is 9.25. The minimum atomic E-state index is 0.0248. The molecule has 0 fully saturated rings. The summed E-state index contributed by atoms with van der Waals surface area (Å²) < 4.78 is 5.73. The fourth-order valence-electron chi connectivity index (χ4n) is 2.83. The van der Waals surface area contributed by atoms with Crippen molar-refractivity contribution >= 4 is 11.6 Å². The number of hydrogen-bond donors (Lipinski definition) is 1. The van der Waals surface area contributed by atoms with Crippen molar-refractivity contribution in [3.8, 4) is 11.3 Å². The third-order valence-electron chi connectivity index (χ3n) is 4.37. The fraction of sp³-hybridized carbons (Fsp3) is 0.273. The number of hydrogen-bond acceptors (Lipinski definition) is 4. The monoisotopic (exact) mass is 363 g/mol.